The van der Waals surface area contributed by atoms with Crippen LogP contribution in [-0.4, -0.2) is 36.5 Å². The SMILES string of the molecule is O=C(O)C1CCOC12CCOC2. The fourth-order valence-corrected chi connectivity index (χ4v) is 2.04. The molecule has 0 amide bonds. The normalized spacial score (nSPS) is 40.8. The lowest BCUT2D eigenvalue weighted by molar-refractivity contribution is -0.148. The van der Waals surface area contributed by atoms with E-state index in [0.29, 0.717) is 26.2 Å². The summed E-state index contributed by atoms with van der Waals surface area (Å²) in [5.74, 6) is -1.11. The second kappa shape index (κ2) is 2.71. The maximum absolute atomic E-state index is 10.8. The maximum atomic E-state index is 10.8. The maximum Gasteiger partial charge on any atom is 0.309 e. The Kier molecular flexibility index (Phi) is 1.81. The number of carboxylic acid groups (broad SMARTS) is 1. The van der Waals surface area contributed by atoms with Gasteiger partial charge in [0.15, 0.2) is 0 Å². The lowest BCUT2D eigenvalue weighted by Crippen LogP contribution is -2.39. The quantitative estimate of drug-likeness (QED) is 0.616. The number of carboxylic acids is 1. The predicted molar refractivity (Wildman–Crippen MR) is 39.9 cm³/mol. The van der Waals surface area contributed by atoms with Gasteiger partial charge in [0.1, 0.15) is 5.60 Å². The number of carbonyl (C=O) groups is 1. The molecule has 0 radical (unpaired) electrons. The van der Waals surface area contributed by atoms with Crippen LogP contribution in [-0.2, 0) is 14.3 Å². The molecule has 1 N–H and O–H groups in total. The minimum atomic E-state index is -0.752. The first-order chi connectivity index (χ1) is 5.75. The summed E-state index contributed by atoms with van der Waals surface area (Å²) < 4.78 is 10.6. The fourth-order valence-electron chi connectivity index (χ4n) is 2.04. The number of hydrogen-bond donors (Lipinski definition) is 1. The summed E-state index contributed by atoms with van der Waals surface area (Å²) in [6, 6.07) is 0. The van der Waals surface area contributed by atoms with Gasteiger partial charge in [0, 0.05) is 19.6 Å². The molecule has 2 heterocycles. The van der Waals surface area contributed by atoms with E-state index in [-0.39, 0.29) is 5.92 Å². The Hall–Kier alpha value is -0.610. The van der Waals surface area contributed by atoms with Crippen LogP contribution in [0, 0.1) is 5.92 Å². The highest BCUT2D eigenvalue weighted by Gasteiger charge is 2.50. The summed E-state index contributed by atoms with van der Waals surface area (Å²) in [6.07, 6.45) is 1.35. The molecule has 0 aliphatic carbocycles. The molecule has 2 unspecified atom stereocenters. The second-order valence-electron chi connectivity index (χ2n) is 3.40. The van der Waals surface area contributed by atoms with Gasteiger partial charge in [0.2, 0.25) is 0 Å². The summed E-state index contributed by atoms with van der Waals surface area (Å²) in [7, 11) is 0. The van der Waals surface area contributed by atoms with Crippen LogP contribution in [0.2, 0.25) is 0 Å². The van der Waals surface area contributed by atoms with Gasteiger partial charge in [-0.2, -0.15) is 0 Å². The van der Waals surface area contributed by atoms with Crippen molar-refractivity contribution in [2.75, 3.05) is 19.8 Å². The largest absolute Gasteiger partial charge is 0.481 e. The van der Waals surface area contributed by atoms with Gasteiger partial charge in [0.25, 0.3) is 0 Å². The Morgan fingerprint density at radius 2 is 2.33 bits per heavy atom. The Balaban J connectivity index is 2.17. The summed E-state index contributed by atoms with van der Waals surface area (Å²) in [5.41, 5.74) is -0.494. The summed E-state index contributed by atoms with van der Waals surface area (Å²) in [4.78, 5) is 10.8. The summed E-state index contributed by atoms with van der Waals surface area (Å²) in [6.45, 7) is 1.63. The average molecular weight is 172 g/mol. The second-order valence-corrected chi connectivity index (χ2v) is 3.40. The monoisotopic (exact) mass is 172 g/mol. The van der Waals surface area contributed by atoms with Crippen molar-refractivity contribution in [1.29, 1.82) is 0 Å². The van der Waals surface area contributed by atoms with Crippen molar-refractivity contribution in [3.63, 3.8) is 0 Å². The molecule has 0 aromatic heterocycles. The lowest BCUT2D eigenvalue weighted by Gasteiger charge is -2.24. The van der Waals surface area contributed by atoms with Crippen molar-refractivity contribution >= 4 is 5.97 Å². The molecule has 68 valence electrons. The molecule has 12 heavy (non-hydrogen) atoms. The van der Waals surface area contributed by atoms with Crippen molar-refractivity contribution in [3.05, 3.63) is 0 Å². The highest BCUT2D eigenvalue weighted by molar-refractivity contribution is 5.72. The third-order valence-electron chi connectivity index (χ3n) is 2.75. The Bertz CT molecular complexity index is 190. The standard InChI is InChI=1S/C8H12O4/c9-7(10)6-1-3-12-8(6)2-4-11-5-8/h6H,1-5H2,(H,9,10). The average Bonchev–Trinajstić information content (AvgIpc) is 2.61. The molecular weight excluding hydrogens is 160 g/mol. The van der Waals surface area contributed by atoms with E-state index < -0.39 is 11.6 Å². The van der Waals surface area contributed by atoms with E-state index in [1.54, 1.807) is 0 Å². The molecule has 4 heteroatoms. The van der Waals surface area contributed by atoms with Gasteiger partial charge in [-0.1, -0.05) is 0 Å². The van der Waals surface area contributed by atoms with Gasteiger partial charge < -0.3 is 14.6 Å². The van der Waals surface area contributed by atoms with Gasteiger partial charge in [-0.3, -0.25) is 4.79 Å². The highest BCUT2D eigenvalue weighted by atomic mass is 16.6. The third-order valence-corrected chi connectivity index (χ3v) is 2.75. The molecule has 0 aromatic rings. The molecular formula is C8H12O4. The zero-order valence-electron chi connectivity index (χ0n) is 6.78. The van der Waals surface area contributed by atoms with Gasteiger partial charge in [-0.05, 0) is 6.42 Å². The van der Waals surface area contributed by atoms with E-state index in [0.717, 1.165) is 6.42 Å². The molecule has 0 saturated carbocycles. The molecule has 2 rings (SSSR count). The molecule has 0 bridgehead atoms. The number of hydrogen-bond acceptors (Lipinski definition) is 3. The van der Waals surface area contributed by atoms with E-state index in [2.05, 4.69) is 0 Å². The lowest BCUT2D eigenvalue weighted by atomic mass is 9.87. The first-order valence-corrected chi connectivity index (χ1v) is 4.19. The van der Waals surface area contributed by atoms with E-state index in [4.69, 9.17) is 14.6 Å². The van der Waals surface area contributed by atoms with Crippen LogP contribution in [0.5, 0.6) is 0 Å². The van der Waals surface area contributed by atoms with Gasteiger partial charge >= 0.3 is 5.97 Å². The Morgan fingerprint density at radius 3 is 2.92 bits per heavy atom. The molecule has 2 fully saturated rings. The predicted octanol–water partition coefficient (Wildman–Crippen LogP) is 0.267. The van der Waals surface area contributed by atoms with E-state index >= 15 is 0 Å². The highest BCUT2D eigenvalue weighted by Crippen LogP contribution is 2.38. The van der Waals surface area contributed by atoms with Gasteiger partial charge in [0.05, 0.1) is 12.5 Å². The van der Waals surface area contributed by atoms with Crippen LogP contribution in [0.4, 0.5) is 0 Å². The van der Waals surface area contributed by atoms with Crippen LogP contribution in [0.3, 0.4) is 0 Å². The van der Waals surface area contributed by atoms with Crippen molar-refractivity contribution in [1.82, 2.24) is 0 Å². The fraction of sp³-hybridized carbons (Fsp3) is 0.875. The summed E-state index contributed by atoms with van der Waals surface area (Å²) in [5, 5.41) is 8.90. The molecule has 2 aliphatic heterocycles. The smallest absolute Gasteiger partial charge is 0.309 e. The van der Waals surface area contributed by atoms with Gasteiger partial charge in [-0.15, -0.1) is 0 Å². The first-order valence-electron chi connectivity index (χ1n) is 4.19. The molecule has 2 saturated heterocycles. The number of aliphatic carboxylic acids is 1. The molecule has 2 atom stereocenters. The Morgan fingerprint density at radius 1 is 1.50 bits per heavy atom. The molecule has 0 aromatic carbocycles. The molecule has 4 nitrogen and oxygen atoms in total. The van der Waals surface area contributed by atoms with Gasteiger partial charge in [-0.25, -0.2) is 0 Å². The van der Waals surface area contributed by atoms with E-state index in [1.807, 2.05) is 0 Å². The zero-order chi connectivity index (χ0) is 8.60. The minimum absolute atomic E-state index is 0.361. The first kappa shape index (κ1) is 8.01. The van der Waals surface area contributed by atoms with Crippen molar-refractivity contribution < 1.29 is 19.4 Å². The third kappa shape index (κ3) is 1.03. The van der Waals surface area contributed by atoms with Crippen LogP contribution in [0.25, 0.3) is 0 Å². The van der Waals surface area contributed by atoms with Crippen molar-refractivity contribution in [3.8, 4) is 0 Å². The van der Waals surface area contributed by atoms with Crippen LogP contribution < -0.4 is 0 Å². The van der Waals surface area contributed by atoms with E-state index in [9.17, 15) is 4.79 Å². The molecule has 1 spiro atoms. The summed E-state index contributed by atoms with van der Waals surface area (Å²) >= 11 is 0. The van der Waals surface area contributed by atoms with E-state index in [1.165, 1.54) is 0 Å². The minimum Gasteiger partial charge on any atom is -0.481 e. The molecule has 2 aliphatic rings. The Labute approximate surface area is 70.5 Å². The van der Waals surface area contributed by atoms with Crippen molar-refractivity contribution in [2.45, 2.75) is 18.4 Å². The zero-order valence-corrected chi connectivity index (χ0v) is 6.78. The van der Waals surface area contributed by atoms with Crippen LogP contribution >= 0.6 is 0 Å². The van der Waals surface area contributed by atoms with Crippen LogP contribution in [0.1, 0.15) is 12.8 Å². The number of rotatable bonds is 1. The number of ether oxygens (including phenoxy) is 2. The van der Waals surface area contributed by atoms with Crippen molar-refractivity contribution in [2.24, 2.45) is 5.92 Å². The topological polar surface area (TPSA) is 55.8 Å². The van der Waals surface area contributed by atoms with Crippen LogP contribution in [0.15, 0.2) is 0 Å².